The molecule has 204 valence electrons. The van der Waals surface area contributed by atoms with E-state index < -0.39 is 37.4 Å². The lowest BCUT2D eigenvalue weighted by Gasteiger charge is -2.34. The minimum atomic E-state index is -0.660. The Kier molecular flexibility index (Phi) is 11.3. The van der Waals surface area contributed by atoms with Gasteiger partial charge in [0, 0.05) is 6.42 Å². The summed E-state index contributed by atoms with van der Waals surface area (Å²) in [5.41, 5.74) is 4.65. The Balaban J connectivity index is 1.70. The van der Waals surface area contributed by atoms with Gasteiger partial charge in [0.25, 0.3) is 0 Å². The third kappa shape index (κ3) is 8.40. The van der Waals surface area contributed by atoms with Crippen LogP contribution in [0.25, 0.3) is 11.1 Å². The summed E-state index contributed by atoms with van der Waals surface area (Å²) in [6.45, 7) is 8.33. The molecule has 0 aliphatic heterocycles. The van der Waals surface area contributed by atoms with Crippen LogP contribution in [0.2, 0.25) is 0 Å². The molecule has 1 aliphatic rings. The summed E-state index contributed by atoms with van der Waals surface area (Å²) in [4.78, 5) is 24.5. The topological polar surface area (TPSA) is 93.1 Å². The highest BCUT2D eigenvalue weighted by atomic mass is 16.6. The lowest BCUT2D eigenvalue weighted by molar-refractivity contribution is -0.155. The third-order valence-corrected chi connectivity index (χ3v) is 7.12. The lowest BCUT2D eigenvalue weighted by atomic mass is 9.80. The summed E-state index contributed by atoms with van der Waals surface area (Å²) in [7, 11) is 0. The average Bonchev–Trinajstić information content (AvgIpc) is 2.94. The number of aryl methyl sites for hydroxylation is 1. The van der Waals surface area contributed by atoms with Crippen molar-refractivity contribution in [1.29, 1.82) is 0 Å². The van der Waals surface area contributed by atoms with Crippen molar-refractivity contribution in [3.8, 4) is 11.1 Å². The lowest BCUT2D eigenvalue weighted by Crippen LogP contribution is -2.35. The van der Waals surface area contributed by atoms with Crippen LogP contribution in [0.4, 0.5) is 0 Å². The van der Waals surface area contributed by atoms with Gasteiger partial charge >= 0.3 is 11.9 Å². The van der Waals surface area contributed by atoms with Crippen molar-refractivity contribution in [3.63, 3.8) is 0 Å². The Bertz CT molecular complexity index is 1050. The van der Waals surface area contributed by atoms with E-state index in [1.54, 1.807) is 0 Å². The molecular formula is C32H40O6. The molecule has 0 bridgehead atoms. The summed E-state index contributed by atoms with van der Waals surface area (Å²) < 4.78 is 11.2. The number of carbonyl (C=O) groups excluding carboxylic acids is 2. The molecule has 2 atom stereocenters. The fourth-order valence-electron chi connectivity index (χ4n) is 4.85. The second-order valence-electron chi connectivity index (χ2n) is 10.1. The zero-order valence-corrected chi connectivity index (χ0v) is 22.4. The molecule has 0 saturated heterocycles. The molecule has 0 amide bonds. The molecule has 2 aromatic rings. The summed E-state index contributed by atoms with van der Waals surface area (Å²) in [6, 6.07) is 17.0. The molecular weight excluding hydrogens is 480 g/mol. The predicted octanol–water partition coefficient (Wildman–Crippen LogP) is 5.66. The van der Waals surface area contributed by atoms with E-state index in [4.69, 9.17) is 9.47 Å². The first-order chi connectivity index (χ1) is 18.3. The molecule has 0 heterocycles. The van der Waals surface area contributed by atoms with Gasteiger partial charge in [-0.3, -0.25) is 0 Å². The number of hydrogen-bond donors (Lipinski definition) is 2. The van der Waals surface area contributed by atoms with E-state index in [9.17, 15) is 19.8 Å². The highest BCUT2D eigenvalue weighted by Crippen LogP contribution is 2.37. The van der Waals surface area contributed by atoms with Gasteiger partial charge in [0.2, 0.25) is 0 Å². The number of aliphatic hydroxyl groups is 2. The van der Waals surface area contributed by atoms with Gasteiger partial charge in [-0.25, -0.2) is 9.59 Å². The minimum Gasteiger partial charge on any atom is -0.459 e. The Morgan fingerprint density at radius 3 is 1.74 bits per heavy atom. The van der Waals surface area contributed by atoms with Gasteiger partial charge in [-0.15, -0.1) is 0 Å². The zero-order valence-electron chi connectivity index (χ0n) is 22.4. The summed E-state index contributed by atoms with van der Waals surface area (Å²) in [5.74, 6) is -1.33. The Morgan fingerprint density at radius 2 is 1.26 bits per heavy atom. The van der Waals surface area contributed by atoms with Gasteiger partial charge in [-0.1, -0.05) is 87.9 Å². The molecule has 0 spiro atoms. The van der Waals surface area contributed by atoms with Crippen LogP contribution in [0.1, 0.15) is 68.9 Å². The van der Waals surface area contributed by atoms with Gasteiger partial charge in [0.15, 0.2) is 0 Å². The largest absolute Gasteiger partial charge is 0.459 e. The number of aliphatic hydroxyl groups excluding tert-OH is 2. The summed E-state index contributed by atoms with van der Waals surface area (Å²) >= 11 is 0. The van der Waals surface area contributed by atoms with Crippen molar-refractivity contribution in [3.05, 3.63) is 84.0 Å². The first kappa shape index (κ1) is 29.3. The smallest absolute Gasteiger partial charge is 0.336 e. The molecule has 2 aromatic carbocycles. The number of benzene rings is 2. The van der Waals surface area contributed by atoms with E-state index in [2.05, 4.69) is 68.6 Å². The van der Waals surface area contributed by atoms with Crippen molar-refractivity contribution in [1.82, 2.24) is 0 Å². The first-order valence-electron chi connectivity index (χ1n) is 13.5. The Morgan fingerprint density at radius 1 is 0.763 bits per heavy atom. The van der Waals surface area contributed by atoms with E-state index >= 15 is 0 Å². The van der Waals surface area contributed by atoms with Crippen LogP contribution in [0, 0.1) is 0 Å². The fourth-order valence-corrected chi connectivity index (χ4v) is 4.85. The summed E-state index contributed by atoms with van der Waals surface area (Å²) in [5, 5.41) is 18.4. The molecule has 2 N–H and O–H groups in total. The highest BCUT2D eigenvalue weighted by Gasteiger charge is 2.34. The Hall–Kier alpha value is -3.22. The van der Waals surface area contributed by atoms with Crippen molar-refractivity contribution in [2.24, 2.45) is 0 Å². The van der Waals surface area contributed by atoms with Crippen LogP contribution in [0.5, 0.6) is 0 Å². The minimum absolute atomic E-state index is 0.0105. The fraction of sp³-hybridized carbons (Fsp3) is 0.438. The molecule has 3 rings (SSSR count). The van der Waals surface area contributed by atoms with E-state index in [1.165, 1.54) is 31.2 Å². The Labute approximate surface area is 226 Å². The van der Waals surface area contributed by atoms with Crippen LogP contribution in [-0.4, -0.2) is 47.6 Å². The van der Waals surface area contributed by atoms with Gasteiger partial charge < -0.3 is 19.7 Å². The van der Waals surface area contributed by atoms with Crippen molar-refractivity contribution in [2.75, 3.05) is 13.2 Å². The van der Waals surface area contributed by atoms with Gasteiger partial charge in [0.1, 0.15) is 12.2 Å². The predicted molar refractivity (Wildman–Crippen MR) is 149 cm³/mol. The van der Waals surface area contributed by atoms with Crippen LogP contribution >= 0.6 is 0 Å². The second-order valence-corrected chi connectivity index (χ2v) is 10.1. The number of carbonyl (C=O) groups is 2. The maximum Gasteiger partial charge on any atom is 0.336 e. The maximum atomic E-state index is 12.2. The van der Waals surface area contributed by atoms with Crippen molar-refractivity contribution in [2.45, 2.75) is 76.4 Å². The molecule has 0 radical (unpaired) electrons. The van der Waals surface area contributed by atoms with E-state index in [0.717, 1.165) is 23.1 Å². The van der Waals surface area contributed by atoms with Crippen molar-refractivity contribution >= 4 is 11.9 Å². The number of esters is 2. The van der Waals surface area contributed by atoms with Gasteiger partial charge in [0.05, 0.1) is 24.4 Å². The van der Waals surface area contributed by atoms with Crippen LogP contribution in [0.3, 0.4) is 0 Å². The molecule has 1 saturated carbocycles. The van der Waals surface area contributed by atoms with E-state index in [-0.39, 0.29) is 17.1 Å². The van der Waals surface area contributed by atoms with Crippen LogP contribution in [-0.2, 0) is 25.5 Å². The second kappa shape index (κ2) is 14.6. The normalized spacial score (nSPS) is 19.0. The number of ether oxygens (including phenoxy) is 2. The standard InChI is InChI=1S/C32H40O6/c1-4-5-6-7-8-24-9-11-25(12-10-24)26-13-15-27(16-14-26)28-17-29(37-31(35)22(2)20-33)19-30(18-28)38-32(36)23(3)21-34/h9-16,28-30,33-34H,2-8,17-21H2,1H3. The molecule has 1 aliphatic carbocycles. The maximum absolute atomic E-state index is 12.2. The molecule has 1 fully saturated rings. The van der Waals surface area contributed by atoms with Crippen molar-refractivity contribution < 1.29 is 29.3 Å². The van der Waals surface area contributed by atoms with E-state index in [1.807, 2.05) is 0 Å². The zero-order chi connectivity index (χ0) is 27.5. The van der Waals surface area contributed by atoms with Gasteiger partial charge in [-0.2, -0.15) is 0 Å². The van der Waals surface area contributed by atoms with Crippen LogP contribution in [0.15, 0.2) is 72.8 Å². The molecule has 38 heavy (non-hydrogen) atoms. The van der Waals surface area contributed by atoms with E-state index in [0.29, 0.717) is 19.3 Å². The number of rotatable bonds is 13. The van der Waals surface area contributed by atoms with Gasteiger partial charge in [-0.05, 0) is 53.9 Å². The van der Waals surface area contributed by atoms with Crippen LogP contribution < -0.4 is 0 Å². The third-order valence-electron chi connectivity index (χ3n) is 7.12. The SMILES string of the molecule is C=C(CO)C(=O)OC1CC(OC(=O)C(=C)CO)CC(c2ccc(-c3ccc(CCCCCC)cc3)cc2)C1. The highest BCUT2D eigenvalue weighted by molar-refractivity contribution is 5.88. The first-order valence-corrected chi connectivity index (χ1v) is 13.5. The number of hydrogen-bond acceptors (Lipinski definition) is 6. The molecule has 0 aromatic heterocycles. The average molecular weight is 521 g/mol. The quantitative estimate of drug-likeness (QED) is 0.201. The summed E-state index contributed by atoms with van der Waals surface area (Å²) in [6.07, 6.45) is 6.57. The molecule has 6 nitrogen and oxygen atoms in total. The molecule has 2 unspecified atom stereocenters. The number of unbranched alkanes of at least 4 members (excludes halogenated alkanes) is 3. The monoisotopic (exact) mass is 520 g/mol. The molecule has 6 heteroatoms.